The molecular formula is C13H23NOS. The number of hydrogen-bond acceptors (Lipinski definition) is 3. The summed E-state index contributed by atoms with van der Waals surface area (Å²) < 4.78 is 0. The smallest absolute Gasteiger partial charge is 0.0603 e. The van der Waals surface area contributed by atoms with Crippen LogP contribution in [-0.2, 0) is 0 Å². The summed E-state index contributed by atoms with van der Waals surface area (Å²) >= 11 is 1.79. The van der Waals surface area contributed by atoms with Gasteiger partial charge in [0.1, 0.15) is 0 Å². The van der Waals surface area contributed by atoms with Crippen LogP contribution in [0.4, 0.5) is 0 Å². The lowest BCUT2D eigenvalue weighted by Gasteiger charge is -2.24. The largest absolute Gasteiger partial charge is 0.390 e. The lowest BCUT2D eigenvalue weighted by atomic mass is 10.0. The molecule has 0 amide bonds. The van der Waals surface area contributed by atoms with E-state index in [-0.39, 0.29) is 0 Å². The third kappa shape index (κ3) is 4.64. The minimum atomic E-state index is -0.579. The lowest BCUT2D eigenvalue weighted by Crippen LogP contribution is -2.31. The zero-order chi connectivity index (χ0) is 12.2. The summed E-state index contributed by atoms with van der Waals surface area (Å²) in [5.74, 6) is 0.570. The molecule has 0 aromatic carbocycles. The van der Waals surface area contributed by atoms with Gasteiger partial charge in [0.25, 0.3) is 0 Å². The predicted octanol–water partition coefficient (Wildman–Crippen LogP) is 3.20. The number of aliphatic hydroxyl groups is 1. The fourth-order valence-electron chi connectivity index (χ4n) is 1.67. The summed E-state index contributed by atoms with van der Waals surface area (Å²) in [5.41, 5.74) is -0.579. The molecule has 3 heteroatoms. The highest BCUT2D eigenvalue weighted by Crippen LogP contribution is 2.25. The van der Waals surface area contributed by atoms with Gasteiger partial charge in [0, 0.05) is 10.9 Å². The van der Waals surface area contributed by atoms with Crippen LogP contribution in [-0.4, -0.2) is 17.3 Å². The molecule has 0 spiro atoms. The maximum absolute atomic E-state index is 9.66. The molecule has 16 heavy (non-hydrogen) atoms. The summed E-state index contributed by atoms with van der Waals surface area (Å²) in [5, 5.41) is 15.3. The Morgan fingerprint density at radius 2 is 2.12 bits per heavy atom. The third-order valence-electron chi connectivity index (χ3n) is 2.62. The van der Waals surface area contributed by atoms with Gasteiger partial charge >= 0.3 is 0 Å². The molecule has 0 aliphatic carbocycles. The molecule has 0 radical (unpaired) electrons. The zero-order valence-corrected chi connectivity index (χ0v) is 11.5. The van der Waals surface area contributed by atoms with Crippen molar-refractivity contribution < 1.29 is 5.11 Å². The molecule has 1 aromatic heterocycles. The van der Waals surface area contributed by atoms with Crippen LogP contribution in [0.5, 0.6) is 0 Å². The summed E-state index contributed by atoms with van der Waals surface area (Å²) in [6, 6.07) is 4.67. The second-order valence-electron chi connectivity index (χ2n) is 5.25. The van der Waals surface area contributed by atoms with E-state index < -0.39 is 5.60 Å². The highest BCUT2D eigenvalue weighted by Gasteiger charge is 2.18. The summed E-state index contributed by atoms with van der Waals surface area (Å²) in [6.45, 7) is 9.00. The second-order valence-corrected chi connectivity index (χ2v) is 6.23. The van der Waals surface area contributed by atoms with Gasteiger partial charge in [0.2, 0.25) is 0 Å². The highest BCUT2D eigenvalue weighted by molar-refractivity contribution is 7.10. The van der Waals surface area contributed by atoms with Crippen LogP contribution in [0.2, 0.25) is 0 Å². The molecule has 0 aliphatic rings. The topological polar surface area (TPSA) is 32.3 Å². The maximum atomic E-state index is 9.66. The second kappa shape index (κ2) is 5.80. The number of hydrogen-bond donors (Lipinski definition) is 2. The van der Waals surface area contributed by atoms with Gasteiger partial charge < -0.3 is 10.4 Å². The molecule has 0 aliphatic heterocycles. The van der Waals surface area contributed by atoms with E-state index in [0.29, 0.717) is 12.0 Å². The van der Waals surface area contributed by atoms with Gasteiger partial charge in [-0.3, -0.25) is 0 Å². The molecule has 1 rings (SSSR count). The monoisotopic (exact) mass is 241 g/mol. The molecule has 1 heterocycles. The Kier molecular flexibility index (Phi) is 4.96. The van der Waals surface area contributed by atoms with Crippen molar-refractivity contribution in [2.75, 3.05) is 6.54 Å². The van der Waals surface area contributed by atoms with Crippen molar-refractivity contribution in [1.82, 2.24) is 5.32 Å². The predicted molar refractivity (Wildman–Crippen MR) is 70.8 cm³/mol. The first-order chi connectivity index (χ1) is 7.40. The first-order valence-electron chi connectivity index (χ1n) is 5.89. The van der Waals surface area contributed by atoms with Crippen molar-refractivity contribution in [2.45, 2.75) is 45.8 Å². The van der Waals surface area contributed by atoms with Crippen molar-refractivity contribution in [3.8, 4) is 0 Å². The average molecular weight is 241 g/mol. The molecule has 0 fully saturated rings. The molecule has 1 aromatic rings. The van der Waals surface area contributed by atoms with Crippen molar-refractivity contribution in [2.24, 2.45) is 5.92 Å². The van der Waals surface area contributed by atoms with Crippen LogP contribution < -0.4 is 5.32 Å². The summed E-state index contributed by atoms with van der Waals surface area (Å²) in [7, 11) is 0. The molecule has 0 saturated heterocycles. The van der Waals surface area contributed by atoms with E-state index in [2.05, 4.69) is 36.7 Å². The fraction of sp³-hybridized carbons (Fsp3) is 0.692. The minimum absolute atomic E-state index is 0.405. The van der Waals surface area contributed by atoms with E-state index in [4.69, 9.17) is 0 Å². The Morgan fingerprint density at radius 1 is 1.44 bits per heavy atom. The van der Waals surface area contributed by atoms with Crippen molar-refractivity contribution in [3.05, 3.63) is 22.4 Å². The molecule has 92 valence electrons. The number of thiophene rings is 1. The normalized spacial score (nSPS) is 14.4. The first kappa shape index (κ1) is 13.7. The van der Waals surface area contributed by atoms with Gasteiger partial charge in [-0.15, -0.1) is 11.3 Å². The van der Waals surface area contributed by atoms with Gasteiger partial charge in [0.15, 0.2) is 0 Å². The van der Waals surface area contributed by atoms with Gasteiger partial charge in [-0.05, 0) is 44.2 Å². The maximum Gasteiger partial charge on any atom is 0.0603 e. The summed E-state index contributed by atoms with van der Waals surface area (Å²) in [4.78, 5) is 1.38. The molecule has 0 saturated carbocycles. The van der Waals surface area contributed by atoms with Crippen LogP contribution in [0, 0.1) is 5.92 Å². The Hall–Kier alpha value is -0.380. The molecular weight excluding hydrogens is 218 g/mol. The van der Waals surface area contributed by atoms with E-state index >= 15 is 0 Å². The van der Waals surface area contributed by atoms with E-state index in [1.165, 1.54) is 4.88 Å². The number of rotatable bonds is 6. The summed E-state index contributed by atoms with van der Waals surface area (Å²) in [6.07, 6.45) is 0.779. The Bertz CT molecular complexity index is 287. The van der Waals surface area contributed by atoms with Crippen LogP contribution in [0.3, 0.4) is 0 Å². The van der Waals surface area contributed by atoms with Crippen LogP contribution in [0.25, 0.3) is 0 Å². The van der Waals surface area contributed by atoms with Crippen molar-refractivity contribution >= 4 is 11.3 Å². The van der Waals surface area contributed by atoms with Crippen LogP contribution in [0.1, 0.15) is 45.0 Å². The molecule has 1 atom stereocenters. The van der Waals surface area contributed by atoms with E-state index in [1.807, 2.05) is 13.8 Å². The van der Waals surface area contributed by atoms with Gasteiger partial charge in [-0.1, -0.05) is 19.9 Å². The number of nitrogens with one attached hydrogen (secondary N) is 1. The highest BCUT2D eigenvalue weighted by atomic mass is 32.1. The fourth-order valence-corrected chi connectivity index (χ4v) is 2.64. The van der Waals surface area contributed by atoms with Gasteiger partial charge in [0.05, 0.1) is 5.60 Å². The first-order valence-corrected chi connectivity index (χ1v) is 6.77. The Labute approximate surface area is 103 Å². The van der Waals surface area contributed by atoms with E-state index in [1.54, 1.807) is 11.3 Å². The molecule has 1 unspecified atom stereocenters. The third-order valence-corrected chi connectivity index (χ3v) is 3.57. The zero-order valence-electron chi connectivity index (χ0n) is 10.7. The van der Waals surface area contributed by atoms with Crippen molar-refractivity contribution in [3.63, 3.8) is 0 Å². The molecule has 2 N–H and O–H groups in total. The molecule has 2 nitrogen and oxygen atoms in total. The van der Waals surface area contributed by atoms with Crippen LogP contribution in [0.15, 0.2) is 17.5 Å². The van der Waals surface area contributed by atoms with Crippen molar-refractivity contribution in [1.29, 1.82) is 0 Å². The quantitative estimate of drug-likeness (QED) is 0.801. The minimum Gasteiger partial charge on any atom is -0.390 e. The Balaban J connectivity index is 2.48. The molecule has 0 bridgehead atoms. The van der Waals surface area contributed by atoms with Gasteiger partial charge in [-0.25, -0.2) is 0 Å². The lowest BCUT2D eigenvalue weighted by molar-refractivity contribution is 0.0698. The van der Waals surface area contributed by atoms with Gasteiger partial charge in [-0.2, -0.15) is 0 Å². The Morgan fingerprint density at radius 3 is 2.56 bits per heavy atom. The standard InChI is InChI=1S/C13H23NOS/c1-10(2)12(11-6-5-9-16-11)14-8-7-13(3,4)15/h5-6,9-10,12,14-15H,7-8H2,1-4H3. The average Bonchev–Trinajstić information content (AvgIpc) is 2.62. The van der Waals surface area contributed by atoms with Crippen LogP contribution >= 0.6 is 11.3 Å². The van der Waals surface area contributed by atoms with E-state index in [0.717, 1.165) is 13.0 Å². The SMILES string of the molecule is CC(C)C(NCCC(C)(C)O)c1cccs1. The van der Waals surface area contributed by atoms with E-state index in [9.17, 15) is 5.11 Å².